The lowest BCUT2D eigenvalue weighted by Crippen LogP contribution is -2.45. The standard InChI is InChI=1S/C10H13FN2O/c1-10(6-14-7-10)5-13-8-2-3-9(11)12-4-8/h2-4,13H,5-7H2,1H3. The molecule has 1 aromatic rings. The van der Waals surface area contributed by atoms with E-state index < -0.39 is 5.95 Å². The first-order chi connectivity index (χ1) is 6.68. The number of nitrogens with zero attached hydrogens (tertiary/aromatic N) is 1. The molecule has 0 atom stereocenters. The highest BCUT2D eigenvalue weighted by molar-refractivity contribution is 5.40. The zero-order valence-corrected chi connectivity index (χ0v) is 8.09. The van der Waals surface area contributed by atoms with E-state index in [1.807, 2.05) is 0 Å². The summed E-state index contributed by atoms with van der Waals surface area (Å²) >= 11 is 0. The van der Waals surface area contributed by atoms with Crippen LogP contribution in [0.25, 0.3) is 0 Å². The van der Waals surface area contributed by atoms with Gasteiger partial charge in [-0.1, -0.05) is 6.92 Å². The van der Waals surface area contributed by atoms with E-state index in [1.54, 1.807) is 6.07 Å². The highest BCUT2D eigenvalue weighted by atomic mass is 19.1. The fraction of sp³-hybridized carbons (Fsp3) is 0.500. The molecule has 3 nitrogen and oxygen atoms in total. The summed E-state index contributed by atoms with van der Waals surface area (Å²) in [6, 6.07) is 3.03. The largest absolute Gasteiger partial charge is 0.383 e. The third kappa shape index (κ3) is 2.01. The van der Waals surface area contributed by atoms with Gasteiger partial charge in [0.1, 0.15) is 0 Å². The number of halogens is 1. The molecule has 14 heavy (non-hydrogen) atoms. The van der Waals surface area contributed by atoms with Crippen LogP contribution in [-0.2, 0) is 4.74 Å². The van der Waals surface area contributed by atoms with Gasteiger partial charge in [0.25, 0.3) is 0 Å². The minimum Gasteiger partial charge on any atom is -0.383 e. The zero-order valence-electron chi connectivity index (χ0n) is 8.09. The second-order valence-corrected chi connectivity index (χ2v) is 4.03. The van der Waals surface area contributed by atoms with Crippen molar-refractivity contribution in [3.8, 4) is 0 Å². The van der Waals surface area contributed by atoms with Crippen molar-refractivity contribution in [1.82, 2.24) is 4.98 Å². The van der Waals surface area contributed by atoms with Crippen molar-refractivity contribution in [3.63, 3.8) is 0 Å². The Bertz CT molecular complexity index is 308. The average Bonchev–Trinajstić information content (AvgIpc) is 2.14. The van der Waals surface area contributed by atoms with Crippen LogP contribution in [0.15, 0.2) is 18.3 Å². The van der Waals surface area contributed by atoms with Crippen LogP contribution in [0.2, 0.25) is 0 Å². The second-order valence-electron chi connectivity index (χ2n) is 4.03. The van der Waals surface area contributed by atoms with Crippen molar-refractivity contribution in [3.05, 3.63) is 24.3 Å². The summed E-state index contributed by atoms with van der Waals surface area (Å²) in [4.78, 5) is 3.56. The first kappa shape index (κ1) is 9.40. The average molecular weight is 196 g/mol. The van der Waals surface area contributed by atoms with E-state index >= 15 is 0 Å². The van der Waals surface area contributed by atoms with Gasteiger partial charge in [-0.3, -0.25) is 0 Å². The molecule has 1 fully saturated rings. The van der Waals surface area contributed by atoms with Crippen molar-refractivity contribution >= 4 is 5.69 Å². The maximum Gasteiger partial charge on any atom is 0.212 e. The molecule has 0 saturated carbocycles. The first-order valence-corrected chi connectivity index (χ1v) is 4.61. The number of rotatable bonds is 3. The smallest absolute Gasteiger partial charge is 0.212 e. The molecular formula is C10H13FN2O. The van der Waals surface area contributed by atoms with E-state index in [1.165, 1.54) is 12.3 Å². The van der Waals surface area contributed by atoms with Gasteiger partial charge in [0.05, 0.1) is 25.1 Å². The molecule has 2 rings (SSSR count). The van der Waals surface area contributed by atoms with E-state index in [9.17, 15) is 4.39 Å². The molecule has 0 bridgehead atoms. The number of aromatic nitrogens is 1. The SMILES string of the molecule is CC1(CNc2ccc(F)nc2)COC1. The van der Waals surface area contributed by atoms with Crippen LogP contribution in [0.4, 0.5) is 10.1 Å². The number of pyridine rings is 1. The topological polar surface area (TPSA) is 34.2 Å². The van der Waals surface area contributed by atoms with Crippen molar-refractivity contribution < 1.29 is 9.13 Å². The lowest BCUT2D eigenvalue weighted by atomic mass is 9.89. The molecule has 2 heterocycles. The molecule has 0 aliphatic carbocycles. The van der Waals surface area contributed by atoms with Gasteiger partial charge in [0.15, 0.2) is 0 Å². The maximum absolute atomic E-state index is 12.5. The first-order valence-electron chi connectivity index (χ1n) is 4.61. The molecule has 76 valence electrons. The van der Waals surface area contributed by atoms with Crippen LogP contribution in [0.1, 0.15) is 6.92 Å². The van der Waals surface area contributed by atoms with Crippen molar-refractivity contribution in [2.45, 2.75) is 6.92 Å². The lowest BCUT2D eigenvalue weighted by molar-refractivity contribution is -0.0924. The summed E-state index contributed by atoms with van der Waals surface area (Å²) in [6.07, 6.45) is 1.50. The summed E-state index contributed by atoms with van der Waals surface area (Å²) in [5.74, 6) is -0.450. The number of hydrogen-bond donors (Lipinski definition) is 1. The number of hydrogen-bond acceptors (Lipinski definition) is 3. The van der Waals surface area contributed by atoms with Crippen LogP contribution < -0.4 is 5.32 Å². The van der Waals surface area contributed by atoms with Gasteiger partial charge in [-0.15, -0.1) is 0 Å². The fourth-order valence-corrected chi connectivity index (χ4v) is 1.35. The van der Waals surface area contributed by atoms with E-state index in [4.69, 9.17) is 4.74 Å². The van der Waals surface area contributed by atoms with Gasteiger partial charge in [-0.2, -0.15) is 4.39 Å². The van der Waals surface area contributed by atoms with Gasteiger partial charge in [0.2, 0.25) is 5.95 Å². The molecule has 0 spiro atoms. The molecule has 1 aliphatic rings. The highest BCUT2D eigenvalue weighted by Gasteiger charge is 2.32. The van der Waals surface area contributed by atoms with Gasteiger partial charge >= 0.3 is 0 Å². The molecule has 4 heteroatoms. The Balaban J connectivity index is 1.88. The minimum absolute atomic E-state index is 0.217. The van der Waals surface area contributed by atoms with Crippen molar-refractivity contribution in [2.24, 2.45) is 5.41 Å². The summed E-state index contributed by atoms with van der Waals surface area (Å²) in [7, 11) is 0. The Labute approximate surface area is 82.3 Å². The maximum atomic E-state index is 12.5. The molecule has 1 aliphatic heterocycles. The predicted octanol–water partition coefficient (Wildman–Crippen LogP) is 1.67. The third-order valence-corrected chi connectivity index (χ3v) is 2.35. The normalized spacial score (nSPS) is 18.7. The molecule has 1 saturated heterocycles. The number of anilines is 1. The quantitative estimate of drug-likeness (QED) is 0.747. The van der Waals surface area contributed by atoms with Crippen molar-refractivity contribution in [1.29, 1.82) is 0 Å². The highest BCUT2D eigenvalue weighted by Crippen LogP contribution is 2.26. The minimum atomic E-state index is -0.450. The Kier molecular flexibility index (Phi) is 2.37. The Morgan fingerprint density at radius 1 is 1.57 bits per heavy atom. The summed E-state index contributed by atoms with van der Waals surface area (Å²) in [5.41, 5.74) is 1.06. The second kappa shape index (κ2) is 3.53. The molecule has 0 unspecified atom stereocenters. The van der Waals surface area contributed by atoms with E-state index in [0.717, 1.165) is 25.4 Å². The van der Waals surface area contributed by atoms with Gasteiger partial charge in [0, 0.05) is 12.0 Å². The summed E-state index contributed by atoms with van der Waals surface area (Å²) < 4.78 is 17.6. The molecule has 1 N–H and O–H groups in total. The van der Waals surface area contributed by atoms with Crippen molar-refractivity contribution in [2.75, 3.05) is 25.1 Å². The molecule has 1 aromatic heterocycles. The molecule has 0 aromatic carbocycles. The zero-order chi connectivity index (χ0) is 10.0. The molecular weight excluding hydrogens is 183 g/mol. The third-order valence-electron chi connectivity index (χ3n) is 2.35. The Hall–Kier alpha value is -1.16. The van der Waals surface area contributed by atoms with Gasteiger partial charge in [-0.25, -0.2) is 4.98 Å². The fourth-order valence-electron chi connectivity index (χ4n) is 1.35. The Morgan fingerprint density at radius 2 is 2.36 bits per heavy atom. The van der Waals surface area contributed by atoms with Crippen LogP contribution in [0.5, 0.6) is 0 Å². The number of nitrogens with one attached hydrogen (secondary N) is 1. The van der Waals surface area contributed by atoms with Gasteiger partial charge in [-0.05, 0) is 12.1 Å². The van der Waals surface area contributed by atoms with Crippen LogP contribution in [0, 0.1) is 11.4 Å². The number of ether oxygens (including phenoxy) is 1. The van der Waals surface area contributed by atoms with Crippen LogP contribution in [-0.4, -0.2) is 24.7 Å². The van der Waals surface area contributed by atoms with E-state index in [0.29, 0.717) is 0 Å². The lowest BCUT2D eigenvalue weighted by Gasteiger charge is -2.38. The van der Waals surface area contributed by atoms with E-state index in [-0.39, 0.29) is 5.41 Å². The molecule has 0 amide bonds. The molecule has 0 radical (unpaired) electrons. The van der Waals surface area contributed by atoms with E-state index in [2.05, 4.69) is 17.2 Å². The summed E-state index contributed by atoms with van der Waals surface area (Å²) in [5, 5.41) is 3.21. The predicted molar refractivity (Wildman–Crippen MR) is 51.6 cm³/mol. The Morgan fingerprint density at radius 3 is 2.86 bits per heavy atom. The van der Waals surface area contributed by atoms with Crippen LogP contribution >= 0.6 is 0 Å². The van der Waals surface area contributed by atoms with Crippen LogP contribution in [0.3, 0.4) is 0 Å². The summed E-state index contributed by atoms with van der Waals surface area (Å²) in [6.45, 7) is 4.56. The van der Waals surface area contributed by atoms with Gasteiger partial charge < -0.3 is 10.1 Å². The monoisotopic (exact) mass is 196 g/mol.